The first-order chi connectivity index (χ1) is 8.61. The van der Waals surface area contributed by atoms with E-state index in [2.05, 4.69) is 63.0 Å². The minimum atomic E-state index is 0.536. The lowest BCUT2D eigenvalue weighted by atomic mass is 9.92. The minimum Gasteiger partial charge on any atom is -0.310 e. The Bertz CT molecular complexity index is 400. The summed E-state index contributed by atoms with van der Waals surface area (Å²) in [5.41, 5.74) is 4.54. The third-order valence-electron chi connectivity index (χ3n) is 3.75. The van der Waals surface area contributed by atoms with Crippen LogP contribution in [-0.4, -0.2) is 11.8 Å². The Morgan fingerprint density at radius 1 is 1.39 bits per heavy atom. The van der Waals surface area contributed by atoms with Crippen LogP contribution in [0.3, 0.4) is 0 Å². The number of thioether (sulfide) groups is 1. The van der Waals surface area contributed by atoms with Gasteiger partial charge in [-0.1, -0.05) is 45.9 Å². The van der Waals surface area contributed by atoms with Gasteiger partial charge in [-0.2, -0.15) is 11.8 Å². The molecule has 1 aromatic rings. The lowest BCUT2D eigenvalue weighted by molar-refractivity contribution is 0.515. The second-order valence-corrected chi connectivity index (χ2v) is 7.01. The summed E-state index contributed by atoms with van der Waals surface area (Å²) < 4.78 is 0. The van der Waals surface area contributed by atoms with Crippen molar-refractivity contribution in [2.45, 2.75) is 57.1 Å². The molecular formula is C16H25NS. The molecule has 1 N–H and O–H groups in total. The highest BCUT2D eigenvalue weighted by molar-refractivity contribution is 7.99. The normalized spacial score (nSPS) is 23.8. The molecule has 1 aliphatic heterocycles. The number of benzene rings is 1. The van der Waals surface area contributed by atoms with E-state index < -0.39 is 0 Å². The van der Waals surface area contributed by atoms with Crippen molar-refractivity contribution in [2.24, 2.45) is 0 Å². The van der Waals surface area contributed by atoms with Crippen LogP contribution in [-0.2, 0) is 5.75 Å². The molecule has 0 aromatic heterocycles. The van der Waals surface area contributed by atoms with Crippen LogP contribution >= 0.6 is 11.8 Å². The van der Waals surface area contributed by atoms with E-state index in [-0.39, 0.29) is 0 Å². The van der Waals surface area contributed by atoms with Gasteiger partial charge in [-0.3, -0.25) is 0 Å². The first-order valence-corrected chi connectivity index (χ1v) is 8.14. The lowest BCUT2D eigenvalue weighted by Crippen LogP contribution is -2.23. The maximum atomic E-state index is 3.66. The molecule has 18 heavy (non-hydrogen) atoms. The minimum absolute atomic E-state index is 0.536. The van der Waals surface area contributed by atoms with Crippen molar-refractivity contribution in [1.29, 1.82) is 0 Å². The monoisotopic (exact) mass is 263 g/mol. The topological polar surface area (TPSA) is 12.0 Å². The third kappa shape index (κ3) is 3.10. The van der Waals surface area contributed by atoms with Crippen molar-refractivity contribution in [2.75, 3.05) is 6.54 Å². The number of hydrogen-bond donors (Lipinski definition) is 1. The predicted molar refractivity (Wildman–Crippen MR) is 82.3 cm³/mol. The van der Waals surface area contributed by atoms with Crippen LogP contribution in [0.1, 0.15) is 62.8 Å². The van der Waals surface area contributed by atoms with Crippen molar-refractivity contribution < 1.29 is 0 Å². The zero-order valence-electron chi connectivity index (χ0n) is 12.0. The van der Waals surface area contributed by atoms with Crippen molar-refractivity contribution >= 4 is 11.8 Å². The molecule has 2 atom stereocenters. The Kier molecular flexibility index (Phi) is 4.74. The molecule has 1 heterocycles. The zero-order chi connectivity index (χ0) is 13.1. The predicted octanol–water partition coefficient (Wildman–Crippen LogP) is 4.49. The van der Waals surface area contributed by atoms with E-state index in [0.717, 1.165) is 17.5 Å². The second kappa shape index (κ2) is 6.12. The Balaban J connectivity index is 2.36. The number of nitrogens with one attached hydrogen (secondary N) is 1. The highest BCUT2D eigenvalue weighted by Crippen LogP contribution is 2.36. The summed E-state index contributed by atoms with van der Waals surface area (Å²) in [6.45, 7) is 10.2. The molecule has 0 aliphatic carbocycles. The molecule has 0 radical (unpaired) electrons. The molecule has 0 bridgehead atoms. The van der Waals surface area contributed by atoms with Crippen LogP contribution in [0.2, 0.25) is 0 Å². The summed E-state index contributed by atoms with van der Waals surface area (Å²) in [7, 11) is 0. The first kappa shape index (κ1) is 14.0. The Morgan fingerprint density at radius 3 is 2.83 bits per heavy atom. The summed E-state index contributed by atoms with van der Waals surface area (Å²) >= 11 is 2.09. The first-order valence-electron chi connectivity index (χ1n) is 7.09. The van der Waals surface area contributed by atoms with E-state index in [1.807, 2.05) is 0 Å². The van der Waals surface area contributed by atoms with Crippen molar-refractivity contribution in [3.63, 3.8) is 0 Å². The van der Waals surface area contributed by atoms with E-state index in [4.69, 9.17) is 0 Å². The molecule has 100 valence electrons. The Morgan fingerprint density at radius 2 is 2.17 bits per heavy atom. The molecule has 2 heteroatoms. The molecule has 1 aromatic carbocycles. The largest absolute Gasteiger partial charge is 0.310 e. The Labute approximate surface area is 116 Å². The summed E-state index contributed by atoms with van der Waals surface area (Å²) in [6, 6.07) is 7.63. The van der Waals surface area contributed by atoms with Gasteiger partial charge in [-0.05, 0) is 35.6 Å². The lowest BCUT2D eigenvalue weighted by Gasteiger charge is -2.21. The summed E-state index contributed by atoms with van der Waals surface area (Å²) in [5, 5.41) is 4.40. The van der Waals surface area contributed by atoms with Gasteiger partial charge in [-0.15, -0.1) is 0 Å². The molecule has 0 amide bonds. The maximum absolute atomic E-state index is 3.66. The van der Waals surface area contributed by atoms with Crippen LogP contribution in [0.15, 0.2) is 18.2 Å². The van der Waals surface area contributed by atoms with Gasteiger partial charge in [0.15, 0.2) is 0 Å². The molecule has 0 saturated carbocycles. The van der Waals surface area contributed by atoms with Crippen LogP contribution in [0, 0.1) is 0 Å². The number of fused-ring (bicyclic) bond motifs is 1. The number of rotatable bonds is 3. The summed E-state index contributed by atoms with van der Waals surface area (Å²) in [6.07, 6.45) is 1.24. The standard InChI is InChI=1S/C16H25NS/c1-5-17-16-8-12(4)18-10-14-7-6-13(11(2)3)9-15(14)16/h6-7,9,11-12,16-17H,5,8,10H2,1-4H3. The van der Waals surface area contributed by atoms with Crippen LogP contribution in [0.5, 0.6) is 0 Å². The van der Waals surface area contributed by atoms with Gasteiger partial charge >= 0.3 is 0 Å². The molecule has 1 nitrogen and oxygen atoms in total. The van der Waals surface area contributed by atoms with E-state index in [9.17, 15) is 0 Å². The Hall–Kier alpha value is -0.470. The highest BCUT2D eigenvalue weighted by atomic mass is 32.2. The fourth-order valence-corrected chi connectivity index (χ4v) is 3.68. The fraction of sp³-hybridized carbons (Fsp3) is 0.625. The van der Waals surface area contributed by atoms with Crippen molar-refractivity contribution in [1.82, 2.24) is 5.32 Å². The summed E-state index contributed by atoms with van der Waals surface area (Å²) in [4.78, 5) is 0. The third-order valence-corrected chi connectivity index (χ3v) is 4.99. The van der Waals surface area contributed by atoms with Gasteiger partial charge in [-0.25, -0.2) is 0 Å². The second-order valence-electron chi connectivity index (χ2n) is 5.58. The fourth-order valence-electron chi connectivity index (χ4n) is 2.63. The smallest absolute Gasteiger partial charge is 0.0333 e. The van der Waals surface area contributed by atoms with Crippen LogP contribution < -0.4 is 5.32 Å². The van der Waals surface area contributed by atoms with E-state index >= 15 is 0 Å². The van der Waals surface area contributed by atoms with Gasteiger partial charge in [0.1, 0.15) is 0 Å². The van der Waals surface area contributed by atoms with E-state index in [1.165, 1.54) is 17.5 Å². The quantitative estimate of drug-likeness (QED) is 0.862. The van der Waals surface area contributed by atoms with Gasteiger partial charge in [0.2, 0.25) is 0 Å². The molecule has 1 aliphatic rings. The molecular weight excluding hydrogens is 238 g/mol. The molecule has 0 fully saturated rings. The van der Waals surface area contributed by atoms with Crippen LogP contribution in [0.25, 0.3) is 0 Å². The van der Waals surface area contributed by atoms with E-state index in [1.54, 1.807) is 5.56 Å². The average molecular weight is 263 g/mol. The summed E-state index contributed by atoms with van der Waals surface area (Å²) in [5.74, 6) is 1.78. The SMILES string of the molecule is CCNC1CC(C)SCc2ccc(C(C)C)cc21. The van der Waals surface area contributed by atoms with Crippen LogP contribution in [0.4, 0.5) is 0 Å². The molecule has 2 unspecified atom stereocenters. The van der Waals surface area contributed by atoms with Gasteiger partial charge < -0.3 is 5.32 Å². The molecule has 0 spiro atoms. The van der Waals surface area contributed by atoms with Gasteiger partial charge in [0.05, 0.1) is 0 Å². The maximum Gasteiger partial charge on any atom is 0.0333 e. The van der Waals surface area contributed by atoms with E-state index in [0.29, 0.717) is 12.0 Å². The highest BCUT2D eigenvalue weighted by Gasteiger charge is 2.22. The molecule has 0 saturated heterocycles. The zero-order valence-corrected chi connectivity index (χ0v) is 12.8. The number of hydrogen-bond acceptors (Lipinski definition) is 2. The van der Waals surface area contributed by atoms with Crippen molar-refractivity contribution in [3.05, 3.63) is 34.9 Å². The average Bonchev–Trinajstić information content (AvgIpc) is 2.49. The van der Waals surface area contributed by atoms with Gasteiger partial charge in [0.25, 0.3) is 0 Å². The van der Waals surface area contributed by atoms with Crippen molar-refractivity contribution in [3.8, 4) is 0 Å². The van der Waals surface area contributed by atoms with Gasteiger partial charge in [0, 0.05) is 17.0 Å². The molecule has 2 rings (SSSR count).